The van der Waals surface area contributed by atoms with Gasteiger partial charge in [-0.1, -0.05) is 30.3 Å². The van der Waals surface area contributed by atoms with Crippen molar-refractivity contribution in [3.63, 3.8) is 0 Å². The molecule has 0 unspecified atom stereocenters. The Morgan fingerprint density at radius 2 is 1.72 bits per heavy atom. The molecule has 0 saturated carbocycles. The molecule has 2 aromatic carbocycles. The molecule has 0 bridgehead atoms. The van der Waals surface area contributed by atoms with E-state index in [2.05, 4.69) is 20.9 Å². The van der Waals surface area contributed by atoms with Crippen LogP contribution in [-0.2, 0) is 0 Å². The van der Waals surface area contributed by atoms with Gasteiger partial charge < -0.3 is 20.9 Å². The molecule has 0 aliphatic carbocycles. The molecule has 0 spiro atoms. The highest BCUT2D eigenvalue weighted by Gasteiger charge is 2.12. The number of piperazine rings is 1. The van der Waals surface area contributed by atoms with Gasteiger partial charge in [-0.25, -0.2) is 0 Å². The number of hydrogen-bond donors (Lipinski definition) is 3. The molecule has 2 aromatic rings. The molecule has 25 heavy (non-hydrogen) atoms. The van der Waals surface area contributed by atoms with Crippen LogP contribution in [0.25, 0.3) is 0 Å². The first-order valence-electron chi connectivity index (χ1n) is 8.95. The van der Waals surface area contributed by atoms with Crippen molar-refractivity contribution in [1.29, 1.82) is 0 Å². The highest BCUT2D eigenvalue weighted by molar-refractivity contribution is 6.00. The Kier molecular flexibility index (Phi) is 6.42. The number of rotatable bonds is 7. The zero-order valence-corrected chi connectivity index (χ0v) is 14.5. The van der Waals surface area contributed by atoms with Crippen molar-refractivity contribution in [3.8, 4) is 0 Å². The third-order valence-corrected chi connectivity index (χ3v) is 4.37. The summed E-state index contributed by atoms with van der Waals surface area (Å²) in [5.74, 6) is -0.0284. The second-order valence-corrected chi connectivity index (χ2v) is 6.24. The van der Waals surface area contributed by atoms with E-state index in [9.17, 15) is 4.79 Å². The van der Waals surface area contributed by atoms with E-state index in [0.29, 0.717) is 12.1 Å². The minimum absolute atomic E-state index is 0.0284. The van der Waals surface area contributed by atoms with Crippen LogP contribution in [0.2, 0.25) is 0 Å². The van der Waals surface area contributed by atoms with Gasteiger partial charge in [0.1, 0.15) is 0 Å². The zero-order chi connectivity index (χ0) is 17.3. The molecule has 1 aliphatic rings. The second-order valence-electron chi connectivity index (χ2n) is 6.24. The summed E-state index contributed by atoms with van der Waals surface area (Å²) in [4.78, 5) is 15.0. The van der Waals surface area contributed by atoms with Gasteiger partial charge in [0.15, 0.2) is 0 Å². The van der Waals surface area contributed by atoms with Crippen LogP contribution >= 0.6 is 0 Å². The summed E-state index contributed by atoms with van der Waals surface area (Å²) < 4.78 is 0. The van der Waals surface area contributed by atoms with Gasteiger partial charge in [0.05, 0.1) is 11.3 Å². The number of para-hydroxylation sites is 2. The van der Waals surface area contributed by atoms with Crippen molar-refractivity contribution in [2.75, 3.05) is 44.6 Å². The van der Waals surface area contributed by atoms with Crippen molar-refractivity contribution in [3.05, 3.63) is 60.2 Å². The molecule has 0 atom stereocenters. The van der Waals surface area contributed by atoms with E-state index < -0.39 is 0 Å². The minimum atomic E-state index is -0.0284. The molecule has 0 radical (unpaired) electrons. The number of hydrogen-bond acceptors (Lipinski definition) is 4. The largest absolute Gasteiger partial charge is 0.355 e. The number of carbonyl (C=O) groups excluding carboxylic acids is 1. The molecule has 5 nitrogen and oxygen atoms in total. The third kappa shape index (κ3) is 5.31. The molecule has 1 saturated heterocycles. The van der Waals surface area contributed by atoms with Gasteiger partial charge in [-0.2, -0.15) is 0 Å². The van der Waals surface area contributed by atoms with Crippen LogP contribution in [-0.4, -0.2) is 50.1 Å². The van der Waals surface area contributed by atoms with Crippen LogP contribution < -0.4 is 16.0 Å². The van der Waals surface area contributed by atoms with Gasteiger partial charge >= 0.3 is 0 Å². The summed E-state index contributed by atoms with van der Waals surface area (Å²) >= 11 is 0. The van der Waals surface area contributed by atoms with Gasteiger partial charge in [0, 0.05) is 38.4 Å². The van der Waals surface area contributed by atoms with E-state index >= 15 is 0 Å². The fraction of sp³-hybridized carbons (Fsp3) is 0.350. The Morgan fingerprint density at radius 1 is 1.00 bits per heavy atom. The summed E-state index contributed by atoms with van der Waals surface area (Å²) in [5.41, 5.74) is 2.48. The summed E-state index contributed by atoms with van der Waals surface area (Å²) in [6.45, 7) is 6.04. The standard InChI is InChI=1S/C20H26N4O/c25-20(22-11-6-14-24-15-12-21-13-16-24)18-9-4-5-10-19(18)23-17-7-2-1-3-8-17/h1-5,7-10,21,23H,6,11-16H2,(H,22,25). The summed E-state index contributed by atoms with van der Waals surface area (Å²) in [5, 5.41) is 9.72. The first-order chi connectivity index (χ1) is 12.3. The summed E-state index contributed by atoms with van der Waals surface area (Å²) in [7, 11) is 0. The van der Waals surface area contributed by atoms with Gasteiger partial charge in [0.2, 0.25) is 0 Å². The molecule has 1 aliphatic heterocycles. The summed E-state index contributed by atoms with van der Waals surface area (Å²) in [6.07, 6.45) is 0.972. The molecule has 1 heterocycles. The van der Waals surface area contributed by atoms with Crippen LogP contribution in [0.1, 0.15) is 16.8 Å². The molecule has 0 aromatic heterocycles. The zero-order valence-electron chi connectivity index (χ0n) is 14.5. The lowest BCUT2D eigenvalue weighted by molar-refractivity contribution is 0.0952. The Morgan fingerprint density at radius 3 is 2.52 bits per heavy atom. The molecular weight excluding hydrogens is 312 g/mol. The first kappa shape index (κ1) is 17.5. The Hall–Kier alpha value is -2.37. The van der Waals surface area contributed by atoms with Crippen molar-refractivity contribution >= 4 is 17.3 Å². The van der Waals surface area contributed by atoms with Gasteiger partial charge in [-0.15, -0.1) is 0 Å². The Bertz CT molecular complexity index is 668. The molecule has 132 valence electrons. The molecule has 1 amide bonds. The maximum absolute atomic E-state index is 12.5. The van der Waals surface area contributed by atoms with E-state index in [1.54, 1.807) is 0 Å². The fourth-order valence-electron chi connectivity index (χ4n) is 3.00. The van der Waals surface area contributed by atoms with E-state index in [4.69, 9.17) is 0 Å². The van der Waals surface area contributed by atoms with Crippen LogP contribution in [0.15, 0.2) is 54.6 Å². The predicted molar refractivity (Wildman–Crippen MR) is 102 cm³/mol. The number of anilines is 2. The minimum Gasteiger partial charge on any atom is -0.355 e. The van der Waals surface area contributed by atoms with E-state index in [-0.39, 0.29) is 5.91 Å². The van der Waals surface area contributed by atoms with Crippen LogP contribution in [0, 0.1) is 0 Å². The predicted octanol–water partition coefficient (Wildman–Crippen LogP) is 2.46. The van der Waals surface area contributed by atoms with Gasteiger partial charge in [-0.3, -0.25) is 4.79 Å². The lowest BCUT2D eigenvalue weighted by Gasteiger charge is -2.27. The number of nitrogens with one attached hydrogen (secondary N) is 3. The summed E-state index contributed by atoms with van der Waals surface area (Å²) in [6, 6.07) is 17.5. The lowest BCUT2D eigenvalue weighted by atomic mass is 10.1. The van der Waals surface area contributed by atoms with Crippen LogP contribution in [0.4, 0.5) is 11.4 Å². The van der Waals surface area contributed by atoms with Crippen LogP contribution in [0.5, 0.6) is 0 Å². The van der Waals surface area contributed by atoms with Crippen LogP contribution in [0.3, 0.4) is 0 Å². The smallest absolute Gasteiger partial charge is 0.253 e. The van der Waals surface area contributed by atoms with Gasteiger partial charge in [-0.05, 0) is 37.2 Å². The maximum Gasteiger partial charge on any atom is 0.253 e. The SMILES string of the molecule is O=C(NCCCN1CCNCC1)c1ccccc1Nc1ccccc1. The van der Waals surface area contributed by atoms with Gasteiger partial charge in [0.25, 0.3) is 5.91 Å². The molecule has 3 rings (SSSR count). The van der Waals surface area contributed by atoms with E-state index in [1.807, 2.05) is 54.6 Å². The highest BCUT2D eigenvalue weighted by atomic mass is 16.1. The molecular formula is C20H26N4O. The Labute approximate surface area is 149 Å². The number of amides is 1. The Balaban J connectivity index is 1.51. The molecule has 5 heteroatoms. The average molecular weight is 338 g/mol. The normalized spacial score (nSPS) is 14.9. The van der Waals surface area contributed by atoms with Crippen molar-refractivity contribution < 1.29 is 4.79 Å². The average Bonchev–Trinajstić information content (AvgIpc) is 2.67. The highest BCUT2D eigenvalue weighted by Crippen LogP contribution is 2.20. The molecule has 1 fully saturated rings. The van der Waals surface area contributed by atoms with E-state index in [1.165, 1.54) is 0 Å². The van der Waals surface area contributed by atoms with Crippen molar-refractivity contribution in [2.45, 2.75) is 6.42 Å². The van der Waals surface area contributed by atoms with E-state index in [0.717, 1.165) is 50.5 Å². The second kappa shape index (κ2) is 9.20. The number of benzene rings is 2. The molecule has 3 N–H and O–H groups in total. The maximum atomic E-state index is 12.5. The van der Waals surface area contributed by atoms with Crippen molar-refractivity contribution in [2.24, 2.45) is 0 Å². The lowest BCUT2D eigenvalue weighted by Crippen LogP contribution is -2.44. The third-order valence-electron chi connectivity index (χ3n) is 4.37. The monoisotopic (exact) mass is 338 g/mol. The quantitative estimate of drug-likeness (QED) is 0.679. The van der Waals surface area contributed by atoms with Crippen molar-refractivity contribution in [1.82, 2.24) is 15.5 Å². The fourth-order valence-corrected chi connectivity index (χ4v) is 3.00. The first-order valence-corrected chi connectivity index (χ1v) is 8.95. The number of nitrogens with zero attached hydrogens (tertiary/aromatic N) is 1. The number of carbonyl (C=O) groups is 1. The topological polar surface area (TPSA) is 56.4 Å².